The molecule has 0 aliphatic carbocycles. The molecule has 3 rings (SSSR count). The lowest BCUT2D eigenvalue weighted by Gasteiger charge is -2.33. The smallest absolute Gasteiger partial charge is 0.326 e. The second-order valence-corrected chi connectivity index (χ2v) is 7.02. The normalized spacial score (nSPS) is 22.6. The van der Waals surface area contributed by atoms with Crippen molar-refractivity contribution < 1.29 is 19.4 Å². The molecule has 0 bridgehead atoms. The minimum Gasteiger partial charge on any atom is -0.496 e. The van der Waals surface area contributed by atoms with Crippen LogP contribution in [0.4, 0.5) is 0 Å². The van der Waals surface area contributed by atoms with Gasteiger partial charge in [-0.2, -0.15) is 0 Å². The topological polar surface area (TPSA) is 78.9 Å². The summed E-state index contributed by atoms with van der Waals surface area (Å²) in [6.07, 6.45) is 2.28. The largest absolute Gasteiger partial charge is 0.496 e. The average molecular weight is 353 g/mol. The van der Waals surface area contributed by atoms with E-state index in [9.17, 15) is 14.7 Å². The molecule has 7 heteroatoms. The molecule has 130 valence electrons. The molecule has 0 aromatic heterocycles. The highest BCUT2D eigenvalue weighted by molar-refractivity contribution is 6.30. The fourth-order valence-electron chi connectivity index (χ4n) is 3.81. The van der Waals surface area contributed by atoms with Crippen molar-refractivity contribution in [1.29, 1.82) is 0 Å². The molecule has 0 unspecified atom stereocenters. The van der Waals surface area contributed by atoms with Crippen molar-refractivity contribution in [2.45, 2.75) is 25.3 Å². The number of nitrogens with one attached hydrogen (secondary N) is 1. The standard InChI is InChI=1S/C17H21ClN2O4/c1-24-14-8-11(18)2-3-12(14)15(21)20-10-17(4-6-19-7-5-17)9-13(20)16(22)23/h2-3,8,13,19H,4-7,9-10H2,1H3,(H,22,23)/t13-/m1/s1. The van der Waals surface area contributed by atoms with Crippen LogP contribution in [0.25, 0.3) is 0 Å². The third-order valence-electron chi connectivity index (χ3n) is 5.11. The summed E-state index contributed by atoms with van der Waals surface area (Å²) >= 11 is 5.95. The third-order valence-corrected chi connectivity index (χ3v) is 5.35. The zero-order valence-corrected chi connectivity index (χ0v) is 14.3. The van der Waals surface area contributed by atoms with E-state index in [1.165, 1.54) is 12.0 Å². The lowest BCUT2D eigenvalue weighted by Crippen LogP contribution is -2.42. The summed E-state index contributed by atoms with van der Waals surface area (Å²) in [4.78, 5) is 26.2. The predicted molar refractivity (Wildman–Crippen MR) is 89.6 cm³/mol. The molecule has 0 radical (unpaired) electrons. The minimum absolute atomic E-state index is 0.108. The highest BCUT2D eigenvalue weighted by atomic mass is 35.5. The molecule has 1 amide bonds. The van der Waals surface area contributed by atoms with Crippen molar-refractivity contribution in [3.63, 3.8) is 0 Å². The maximum atomic E-state index is 13.0. The number of likely N-dealkylation sites (tertiary alicyclic amines) is 1. The van der Waals surface area contributed by atoms with Gasteiger partial charge in [0.1, 0.15) is 11.8 Å². The maximum absolute atomic E-state index is 13.0. The Bertz CT molecular complexity index is 658. The first kappa shape index (κ1) is 17.0. The van der Waals surface area contributed by atoms with Crippen molar-refractivity contribution >= 4 is 23.5 Å². The van der Waals surface area contributed by atoms with E-state index in [4.69, 9.17) is 16.3 Å². The molecule has 2 fully saturated rings. The summed E-state index contributed by atoms with van der Waals surface area (Å²) in [5, 5.41) is 13.4. The predicted octanol–water partition coefficient (Wildman–Crippen LogP) is 2.02. The van der Waals surface area contributed by atoms with Crippen molar-refractivity contribution in [3.05, 3.63) is 28.8 Å². The van der Waals surface area contributed by atoms with Crippen molar-refractivity contribution in [1.82, 2.24) is 10.2 Å². The zero-order valence-electron chi connectivity index (χ0n) is 13.5. The summed E-state index contributed by atoms with van der Waals surface area (Å²) in [7, 11) is 1.47. The lowest BCUT2D eigenvalue weighted by molar-refractivity contribution is -0.141. The molecule has 1 spiro atoms. The number of piperidine rings is 1. The Morgan fingerprint density at radius 3 is 2.71 bits per heavy atom. The van der Waals surface area contributed by atoms with E-state index in [1.807, 2.05) is 0 Å². The highest BCUT2D eigenvalue weighted by Gasteiger charge is 2.49. The van der Waals surface area contributed by atoms with Crippen LogP contribution >= 0.6 is 11.6 Å². The van der Waals surface area contributed by atoms with Gasteiger partial charge in [0.25, 0.3) is 5.91 Å². The summed E-state index contributed by atoms with van der Waals surface area (Å²) in [6.45, 7) is 2.19. The van der Waals surface area contributed by atoms with Gasteiger partial charge in [0, 0.05) is 11.6 Å². The Hall–Kier alpha value is -1.79. The van der Waals surface area contributed by atoms with E-state index in [1.54, 1.807) is 18.2 Å². The number of amides is 1. The number of hydrogen-bond acceptors (Lipinski definition) is 4. The van der Waals surface area contributed by atoms with Crippen LogP contribution in [0, 0.1) is 5.41 Å². The van der Waals surface area contributed by atoms with Crippen LogP contribution in [-0.4, -0.2) is 54.7 Å². The molecular formula is C17H21ClN2O4. The first-order valence-corrected chi connectivity index (χ1v) is 8.42. The molecule has 2 heterocycles. The Balaban J connectivity index is 1.91. The number of methoxy groups -OCH3 is 1. The number of carboxylic acid groups (broad SMARTS) is 1. The number of carbonyl (C=O) groups excluding carboxylic acids is 1. The van der Waals surface area contributed by atoms with Gasteiger partial charge >= 0.3 is 5.97 Å². The van der Waals surface area contributed by atoms with Gasteiger partial charge < -0.3 is 20.1 Å². The van der Waals surface area contributed by atoms with Crippen LogP contribution in [0.2, 0.25) is 5.02 Å². The molecule has 2 aliphatic rings. The van der Waals surface area contributed by atoms with Crippen molar-refractivity contribution in [2.24, 2.45) is 5.41 Å². The second-order valence-electron chi connectivity index (χ2n) is 6.59. The first-order chi connectivity index (χ1) is 11.5. The van der Waals surface area contributed by atoms with Crippen LogP contribution < -0.4 is 10.1 Å². The summed E-state index contributed by atoms with van der Waals surface area (Å²) < 4.78 is 5.25. The number of ether oxygens (including phenoxy) is 1. The van der Waals surface area contributed by atoms with Gasteiger partial charge in [-0.3, -0.25) is 4.79 Å². The first-order valence-electron chi connectivity index (χ1n) is 8.04. The van der Waals surface area contributed by atoms with E-state index in [0.717, 1.165) is 25.9 Å². The van der Waals surface area contributed by atoms with Crippen LogP contribution in [0.5, 0.6) is 5.75 Å². The summed E-state index contributed by atoms with van der Waals surface area (Å²) in [5.74, 6) is -0.902. The molecule has 1 aromatic rings. The quantitative estimate of drug-likeness (QED) is 0.870. The van der Waals surface area contributed by atoms with Gasteiger partial charge in [0.2, 0.25) is 0 Å². The van der Waals surface area contributed by atoms with Gasteiger partial charge in [-0.25, -0.2) is 4.79 Å². The number of halogens is 1. The number of hydrogen-bond donors (Lipinski definition) is 2. The number of carboxylic acids is 1. The molecule has 2 aliphatic heterocycles. The number of rotatable bonds is 3. The molecule has 1 atom stereocenters. The van der Waals surface area contributed by atoms with Gasteiger partial charge in [-0.05, 0) is 56.0 Å². The lowest BCUT2D eigenvalue weighted by atomic mass is 9.77. The Morgan fingerprint density at radius 1 is 1.38 bits per heavy atom. The second kappa shape index (κ2) is 6.61. The van der Waals surface area contributed by atoms with E-state index in [0.29, 0.717) is 29.3 Å². The molecule has 2 saturated heterocycles. The number of benzene rings is 1. The van der Waals surface area contributed by atoms with Crippen molar-refractivity contribution in [2.75, 3.05) is 26.7 Å². The molecule has 6 nitrogen and oxygen atoms in total. The van der Waals surface area contributed by atoms with E-state index in [-0.39, 0.29) is 11.3 Å². The van der Waals surface area contributed by atoms with E-state index >= 15 is 0 Å². The average Bonchev–Trinajstić information content (AvgIpc) is 2.94. The molecule has 1 aromatic carbocycles. The van der Waals surface area contributed by atoms with Crippen LogP contribution in [0.15, 0.2) is 18.2 Å². The Labute approximate surface area is 145 Å². The highest BCUT2D eigenvalue weighted by Crippen LogP contribution is 2.43. The van der Waals surface area contributed by atoms with Gasteiger partial charge in [0.15, 0.2) is 0 Å². The van der Waals surface area contributed by atoms with E-state index in [2.05, 4.69) is 5.32 Å². The monoisotopic (exact) mass is 352 g/mol. The third kappa shape index (κ3) is 3.08. The fraction of sp³-hybridized carbons (Fsp3) is 0.529. The summed E-state index contributed by atoms with van der Waals surface area (Å²) in [5.41, 5.74) is 0.239. The minimum atomic E-state index is -0.952. The zero-order chi connectivity index (χ0) is 17.3. The SMILES string of the molecule is COc1cc(Cl)ccc1C(=O)N1CC2(CCNCC2)C[C@@H]1C(=O)O. The maximum Gasteiger partial charge on any atom is 0.326 e. The van der Waals surface area contributed by atoms with Gasteiger partial charge in [-0.1, -0.05) is 11.6 Å². The van der Waals surface area contributed by atoms with Crippen LogP contribution in [-0.2, 0) is 4.79 Å². The van der Waals surface area contributed by atoms with E-state index < -0.39 is 12.0 Å². The fourth-order valence-corrected chi connectivity index (χ4v) is 3.97. The summed E-state index contributed by atoms with van der Waals surface area (Å²) in [6, 6.07) is 3.98. The number of carbonyl (C=O) groups is 2. The van der Waals surface area contributed by atoms with Crippen molar-refractivity contribution in [3.8, 4) is 5.75 Å². The van der Waals surface area contributed by atoms with Crippen LogP contribution in [0.3, 0.4) is 0 Å². The Kier molecular flexibility index (Phi) is 4.69. The van der Waals surface area contributed by atoms with Gasteiger partial charge in [-0.15, -0.1) is 0 Å². The molecule has 2 N–H and O–H groups in total. The van der Waals surface area contributed by atoms with Crippen LogP contribution in [0.1, 0.15) is 29.6 Å². The number of nitrogens with zero attached hydrogens (tertiary/aromatic N) is 1. The Morgan fingerprint density at radius 2 is 2.08 bits per heavy atom. The molecule has 24 heavy (non-hydrogen) atoms. The molecule has 0 saturated carbocycles. The molecular weight excluding hydrogens is 332 g/mol. The van der Waals surface area contributed by atoms with Gasteiger partial charge in [0.05, 0.1) is 12.7 Å². The number of aliphatic carboxylic acids is 1.